The molecule has 5 nitrogen and oxygen atoms in total. The molecule has 120 valence electrons. The fourth-order valence-electron chi connectivity index (χ4n) is 3.28. The van der Waals surface area contributed by atoms with Crippen molar-refractivity contribution >= 4 is 11.8 Å². The summed E-state index contributed by atoms with van der Waals surface area (Å²) in [5, 5.41) is 3.03. The van der Waals surface area contributed by atoms with Crippen LogP contribution in [0.3, 0.4) is 0 Å². The molecule has 5 heteroatoms. The van der Waals surface area contributed by atoms with Crippen molar-refractivity contribution in [1.29, 1.82) is 0 Å². The van der Waals surface area contributed by atoms with Gasteiger partial charge < -0.3 is 15.0 Å². The molecule has 2 amide bonds. The molecule has 0 bridgehead atoms. The Morgan fingerprint density at radius 3 is 2.43 bits per heavy atom. The predicted octanol–water partition coefficient (Wildman–Crippen LogP) is 1.71. The minimum absolute atomic E-state index is 0.0486. The summed E-state index contributed by atoms with van der Waals surface area (Å²) in [6.45, 7) is 5.32. The summed E-state index contributed by atoms with van der Waals surface area (Å²) >= 11 is 0. The zero-order valence-electron chi connectivity index (χ0n) is 13.5. The van der Waals surface area contributed by atoms with E-state index in [-0.39, 0.29) is 17.9 Å². The SMILES string of the molecule is CCC1(CC)NC(=O)C(C2CC2)N(CCCCOC)C1=O. The highest BCUT2D eigenvalue weighted by Crippen LogP contribution is 2.39. The molecule has 1 aliphatic heterocycles. The third-order valence-electron chi connectivity index (χ3n) is 4.91. The molecule has 2 aliphatic rings. The van der Waals surface area contributed by atoms with Crippen LogP contribution in [0.4, 0.5) is 0 Å². The highest BCUT2D eigenvalue weighted by Gasteiger charge is 2.52. The van der Waals surface area contributed by atoms with Crippen LogP contribution in [0.1, 0.15) is 52.4 Å². The van der Waals surface area contributed by atoms with E-state index in [4.69, 9.17) is 4.74 Å². The molecule has 1 heterocycles. The molecule has 1 unspecified atom stereocenters. The van der Waals surface area contributed by atoms with Crippen molar-refractivity contribution in [3.63, 3.8) is 0 Å². The Morgan fingerprint density at radius 2 is 1.90 bits per heavy atom. The fraction of sp³-hybridized carbons (Fsp3) is 0.875. The van der Waals surface area contributed by atoms with E-state index in [2.05, 4.69) is 5.32 Å². The fourth-order valence-corrected chi connectivity index (χ4v) is 3.28. The Balaban J connectivity index is 2.12. The Morgan fingerprint density at radius 1 is 1.24 bits per heavy atom. The van der Waals surface area contributed by atoms with E-state index in [0.717, 1.165) is 25.7 Å². The smallest absolute Gasteiger partial charge is 0.248 e. The number of piperazine rings is 1. The molecule has 0 radical (unpaired) electrons. The molecule has 0 aromatic carbocycles. The van der Waals surface area contributed by atoms with Gasteiger partial charge in [-0.2, -0.15) is 0 Å². The van der Waals surface area contributed by atoms with E-state index >= 15 is 0 Å². The number of nitrogens with one attached hydrogen (secondary N) is 1. The molecule has 21 heavy (non-hydrogen) atoms. The maximum atomic E-state index is 12.9. The molecular formula is C16H28N2O3. The van der Waals surface area contributed by atoms with Crippen LogP contribution >= 0.6 is 0 Å². The van der Waals surface area contributed by atoms with E-state index in [1.165, 1.54) is 0 Å². The average Bonchev–Trinajstić information content (AvgIpc) is 3.31. The van der Waals surface area contributed by atoms with Gasteiger partial charge in [0.25, 0.3) is 0 Å². The largest absolute Gasteiger partial charge is 0.385 e. The number of hydrogen-bond donors (Lipinski definition) is 1. The topological polar surface area (TPSA) is 58.6 Å². The second kappa shape index (κ2) is 6.77. The van der Waals surface area contributed by atoms with Gasteiger partial charge in [-0.3, -0.25) is 9.59 Å². The van der Waals surface area contributed by atoms with Crippen molar-refractivity contribution in [3.05, 3.63) is 0 Å². The lowest BCUT2D eigenvalue weighted by Gasteiger charge is -2.45. The minimum atomic E-state index is -0.691. The van der Waals surface area contributed by atoms with Crippen LogP contribution in [0.5, 0.6) is 0 Å². The number of methoxy groups -OCH3 is 1. The van der Waals surface area contributed by atoms with Gasteiger partial charge in [0.2, 0.25) is 11.8 Å². The molecule has 2 rings (SSSR count). The van der Waals surface area contributed by atoms with E-state index in [1.807, 2.05) is 18.7 Å². The van der Waals surface area contributed by atoms with Gasteiger partial charge in [0.1, 0.15) is 11.6 Å². The summed E-state index contributed by atoms with van der Waals surface area (Å²) in [7, 11) is 1.69. The Kier molecular flexibility index (Phi) is 5.25. The first-order valence-corrected chi connectivity index (χ1v) is 8.21. The summed E-state index contributed by atoms with van der Waals surface area (Å²) in [5.41, 5.74) is -0.691. The number of unbranched alkanes of at least 4 members (excludes halogenated alkanes) is 1. The van der Waals surface area contributed by atoms with E-state index < -0.39 is 5.54 Å². The van der Waals surface area contributed by atoms with E-state index in [9.17, 15) is 9.59 Å². The second-order valence-electron chi connectivity index (χ2n) is 6.26. The van der Waals surface area contributed by atoms with Crippen LogP contribution in [0.25, 0.3) is 0 Å². The number of carbonyl (C=O) groups is 2. The van der Waals surface area contributed by atoms with Crippen molar-refractivity contribution < 1.29 is 14.3 Å². The molecule has 0 aromatic heterocycles. The first-order valence-electron chi connectivity index (χ1n) is 8.21. The van der Waals surface area contributed by atoms with Crippen LogP contribution in [0, 0.1) is 5.92 Å². The van der Waals surface area contributed by atoms with Gasteiger partial charge in [0.05, 0.1) is 0 Å². The van der Waals surface area contributed by atoms with Gasteiger partial charge in [-0.05, 0) is 44.4 Å². The average molecular weight is 296 g/mol. The Hall–Kier alpha value is -1.10. The number of hydrogen-bond acceptors (Lipinski definition) is 3. The van der Waals surface area contributed by atoms with E-state index in [1.54, 1.807) is 7.11 Å². The standard InChI is InChI=1S/C16H28N2O3/c1-4-16(5-2)15(20)18(10-6-7-11-21-3)13(12-8-9-12)14(19)17-16/h12-13H,4-11H2,1-3H3,(H,17,19). The Labute approximate surface area is 127 Å². The zero-order valence-corrected chi connectivity index (χ0v) is 13.5. The van der Waals surface area contributed by atoms with Gasteiger partial charge in [-0.15, -0.1) is 0 Å². The van der Waals surface area contributed by atoms with Gasteiger partial charge in [0, 0.05) is 20.3 Å². The zero-order chi connectivity index (χ0) is 15.5. The van der Waals surface area contributed by atoms with Gasteiger partial charge in [-0.1, -0.05) is 13.8 Å². The quantitative estimate of drug-likeness (QED) is 0.694. The molecule has 2 fully saturated rings. The first kappa shape index (κ1) is 16.3. The lowest BCUT2D eigenvalue weighted by molar-refractivity contribution is -0.156. The normalized spacial score (nSPS) is 25.1. The summed E-state index contributed by atoms with van der Waals surface area (Å²) < 4.78 is 5.07. The first-order chi connectivity index (χ1) is 10.1. The molecule has 1 aliphatic carbocycles. The maximum Gasteiger partial charge on any atom is 0.248 e. The van der Waals surface area contributed by atoms with Crippen LogP contribution in [0.2, 0.25) is 0 Å². The van der Waals surface area contributed by atoms with Crippen molar-refractivity contribution in [2.24, 2.45) is 5.92 Å². The van der Waals surface area contributed by atoms with Crippen LogP contribution < -0.4 is 5.32 Å². The van der Waals surface area contributed by atoms with Crippen LogP contribution in [0.15, 0.2) is 0 Å². The number of nitrogens with zero attached hydrogens (tertiary/aromatic N) is 1. The van der Waals surface area contributed by atoms with Crippen molar-refractivity contribution in [3.8, 4) is 0 Å². The van der Waals surface area contributed by atoms with Crippen LogP contribution in [-0.2, 0) is 14.3 Å². The van der Waals surface area contributed by atoms with E-state index in [0.29, 0.717) is 31.9 Å². The van der Waals surface area contributed by atoms with Crippen LogP contribution in [-0.4, -0.2) is 48.6 Å². The van der Waals surface area contributed by atoms with Crippen molar-refractivity contribution in [2.75, 3.05) is 20.3 Å². The molecular weight excluding hydrogens is 268 g/mol. The molecule has 1 saturated heterocycles. The predicted molar refractivity (Wildman–Crippen MR) is 80.8 cm³/mol. The second-order valence-corrected chi connectivity index (χ2v) is 6.26. The number of amides is 2. The lowest BCUT2D eigenvalue weighted by Crippen LogP contribution is -2.70. The Bertz CT molecular complexity index is 389. The number of ether oxygens (including phenoxy) is 1. The maximum absolute atomic E-state index is 12.9. The highest BCUT2D eigenvalue weighted by molar-refractivity contribution is 6.00. The summed E-state index contributed by atoms with van der Waals surface area (Å²) in [6.07, 6.45) is 5.24. The number of rotatable bonds is 8. The minimum Gasteiger partial charge on any atom is -0.385 e. The van der Waals surface area contributed by atoms with Crippen molar-refractivity contribution in [2.45, 2.75) is 64.0 Å². The van der Waals surface area contributed by atoms with Gasteiger partial charge in [0.15, 0.2) is 0 Å². The van der Waals surface area contributed by atoms with Gasteiger partial charge in [-0.25, -0.2) is 0 Å². The molecule has 0 spiro atoms. The lowest BCUT2D eigenvalue weighted by atomic mass is 9.86. The molecule has 1 atom stereocenters. The summed E-state index contributed by atoms with van der Waals surface area (Å²) in [5.74, 6) is 0.525. The monoisotopic (exact) mass is 296 g/mol. The molecule has 1 N–H and O–H groups in total. The summed E-state index contributed by atoms with van der Waals surface area (Å²) in [6, 6.07) is -0.244. The third kappa shape index (κ3) is 3.23. The third-order valence-corrected chi connectivity index (χ3v) is 4.91. The van der Waals surface area contributed by atoms with Crippen molar-refractivity contribution in [1.82, 2.24) is 10.2 Å². The van der Waals surface area contributed by atoms with Gasteiger partial charge >= 0.3 is 0 Å². The number of carbonyl (C=O) groups excluding carboxylic acids is 2. The highest BCUT2D eigenvalue weighted by atomic mass is 16.5. The molecule has 0 aromatic rings. The summed E-state index contributed by atoms with van der Waals surface area (Å²) in [4.78, 5) is 27.3. The molecule has 1 saturated carbocycles.